The molecule has 1 heterocycles. The molecule has 6 heteroatoms. The number of halogens is 1. The number of H-pyrrole nitrogens is 1. The van der Waals surface area contributed by atoms with Crippen molar-refractivity contribution in [1.29, 1.82) is 0 Å². The third kappa shape index (κ3) is 2.83. The van der Waals surface area contributed by atoms with E-state index in [-0.39, 0.29) is 17.6 Å². The number of amides is 2. The first-order chi connectivity index (χ1) is 12.5. The Morgan fingerprint density at radius 3 is 2.50 bits per heavy atom. The van der Waals surface area contributed by atoms with Gasteiger partial charge in [0.15, 0.2) is 0 Å². The fourth-order valence-electron chi connectivity index (χ4n) is 3.36. The number of aromatic nitrogens is 1. The highest BCUT2D eigenvalue weighted by atomic mass is 19.1. The summed E-state index contributed by atoms with van der Waals surface area (Å²) in [4.78, 5) is 27.3. The van der Waals surface area contributed by atoms with Crippen LogP contribution in [0.15, 0.2) is 48.7 Å². The smallest absolute Gasteiger partial charge is 0.235 e. The average Bonchev–Trinajstić information content (AvgIpc) is 3.29. The Morgan fingerprint density at radius 1 is 1.08 bits per heavy atom. The summed E-state index contributed by atoms with van der Waals surface area (Å²) < 4.78 is 13.7. The quantitative estimate of drug-likeness (QED) is 0.666. The molecule has 0 unspecified atom stereocenters. The molecule has 26 heavy (non-hydrogen) atoms. The van der Waals surface area contributed by atoms with Crippen molar-refractivity contribution in [2.24, 2.45) is 0 Å². The molecule has 1 aliphatic rings. The number of carbonyl (C=O) groups is 2. The molecule has 0 aliphatic heterocycles. The normalized spacial score (nSPS) is 14.8. The predicted octanol–water partition coefficient (Wildman–Crippen LogP) is 3.94. The number of benzene rings is 2. The fourth-order valence-corrected chi connectivity index (χ4v) is 3.36. The van der Waals surface area contributed by atoms with E-state index in [1.165, 1.54) is 19.1 Å². The zero-order chi connectivity index (χ0) is 18.3. The SMILES string of the molecule is CC(=O)Nc1cccc(NC(=O)C2(c3c[nH]c4ccc(F)cc34)CC2)c1. The second-order valence-electron chi connectivity index (χ2n) is 6.69. The summed E-state index contributed by atoms with van der Waals surface area (Å²) in [6.07, 6.45) is 3.23. The summed E-state index contributed by atoms with van der Waals surface area (Å²) in [5.41, 5.74) is 2.22. The van der Waals surface area contributed by atoms with Crippen molar-refractivity contribution in [2.75, 3.05) is 10.6 Å². The van der Waals surface area contributed by atoms with Crippen molar-refractivity contribution in [3.05, 3.63) is 60.0 Å². The number of hydrogen-bond donors (Lipinski definition) is 3. The Balaban J connectivity index is 1.61. The minimum atomic E-state index is -0.643. The first-order valence-electron chi connectivity index (χ1n) is 8.44. The van der Waals surface area contributed by atoms with Gasteiger partial charge in [-0.25, -0.2) is 4.39 Å². The number of fused-ring (bicyclic) bond motifs is 1. The number of carbonyl (C=O) groups excluding carboxylic acids is 2. The van der Waals surface area contributed by atoms with Crippen molar-refractivity contribution in [1.82, 2.24) is 4.98 Å². The molecule has 1 fully saturated rings. The van der Waals surface area contributed by atoms with E-state index in [1.807, 2.05) is 0 Å². The van der Waals surface area contributed by atoms with E-state index in [1.54, 1.807) is 36.5 Å². The third-order valence-corrected chi connectivity index (χ3v) is 4.78. The maximum Gasteiger partial charge on any atom is 0.235 e. The van der Waals surface area contributed by atoms with Crippen LogP contribution in [0.5, 0.6) is 0 Å². The number of aromatic amines is 1. The van der Waals surface area contributed by atoms with E-state index in [0.717, 1.165) is 16.5 Å². The topological polar surface area (TPSA) is 74.0 Å². The average molecular weight is 351 g/mol. The van der Waals surface area contributed by atoms with Crippen molar-refractivity contribution in [2.45, 2.75) is 25.2 Å². The van der Waals surface area contributed by atoms with Crippen LogP contribution in [0.1, 0.15) is 25.3 Å². The minimum absolute atomic E-state index is 0.123. The molecule has 132 valence electrons. The van der Waals surface area contributed by atoms with Crippen LogP contribution in [0, 0.1) is 5.82 Å². The summed E-state index contributed by atoms with van der Waals surface area (Å²) in [6.45, 7) is 1.43. The van der Waals surface area contributed by atoms with Crippen molar-refractivity contribution in [3.63, 3.8) is 0 Å². The molecule has 1 aliphatic carbocycles. The van der Waals surface area contributed by atoms with Gasteiger partial charge in [0, 0.05) is 35.4 Å². The highest BCUT2D eigenvalue weighted by molar-refractivity contribution is 6.05. The van der Waals surface area contributed by atoms with Crippen molar-refractivity contribution >= 4 is 34.1 Å². The zero-order valence-electron chi connectivity index (χ0n) is 14.2. The summed E-state index contributed by atoms with van der Waals surface area (Å²) in [5.74, 6) is -0.617. The highest BCUT2D eigenvalue weighted by Crippen LogP contribution is 2.51. The van der Waals surface area contributed by atoms with Crippen LogP contribution in [0.3, 0.4) is 0 Å². The minimum Gasteiger partial charge on any atom is -0.361 e. The third-order valence-electron chi connectivity index (χ3n) is 4.78. The lowest BCUT2D eigenvalue weighted by molar-refractivity contribution is -0.118. The van der Waals surface area contributed by atoms with E-state index in [0.29, 0.717) is 24.2 Å². The zero-order valence-corrected chi connectivity index (χ0v) is 14.2. The molecular formula is C20H18FN3O2. The molecule has 2 amide bonds. The van der Waals surface area contributed by atoms with Gasteiger partial charge >= 0.3 is 0 Å². The molecule has 4 rings (SSSR count). The number of nitrogens with one attached hydrogen (secondary N) is 3. The van der Waals surface area contributed by atoms with E-state index >= 15 is 0 Å². The lowest BCUT2D eigenvalue weighted by Gasteiger charge is -2.15. The molecule has 0 spiro atoms. The molecule has 0 saturated heterocycles. The summed E-state index contributed by atoms with van der Waals surface area (Å²) in [5, 5.41) is 6.36. The van der Waals surface area contributed by atoms with Gasteiger partial charge in [0.25, 0.3) is 0 Å². The highest BCUT2D eigenvalue weighted by Gasteiger charge is 2.52. The molecule has 3 aromatic rings. The molecule has 1 saturated carbocycles. The van der Waals surface area contributed by atoms with Crippen LogP contribution in [0.4, 0.5) is 15.8 Å². The van der Waals surface area contributed by atoms with Gasteiger partial charge in [0.05, 0.1) is 5.41 Å². The van der Waals surface area contributed by atoms with Crippen molar-refractivity contribution in [3.8, 4) is 0 Å². The van der Waals surface area contributed by atoms with E-state index in [9.17, 15) is 14.0 Å². The van der Waals surface area contributed by atoms with Gasteiger partial charge in [-0.05, 0) is 54.8 Å². The van der Waals surface area contributed by atoms with Gasteiger partial charge in [0.1, 0.15) is 5.82 Å². The molecule has 5 nitrogen and oxygen atoms in total. The van der Waals surface area contributed by atoms with Crippen LogP contribution < -0.4 is 10.6 Å². The van der Waals surface area contributed by atoms with E-state index < -0.39 is 5.41 Å². The Bertz CT molecular complexity index is 1020. The Hall–Kier alpha value is -3.15. The summed E-state index contributed by atoms with van der Waals surface area (Å²) in [6, 6.07) is 11.5. The predicted molar refractivity (Wildman–Crippen MR) is 98.5 cm³/mol. The van der Waals surface area contributed by atoms with Crippen LogP contribution in [-0.2, 0) is 15.0 Å². The molecular weight excluding hydrogens is 333 g/mol. The van der Waals surface area contributed by atoms with Gasteiger partial charge in [-0.15, -0.1) is 0 Å². The first kappa shape index (κ1) is 16.3. The maximum absolute atomic E-state index is 13.7. The number of anilines is 2. The molecule has 1 aromatic heterocycles. The van der Waals surface area contributed by atoms with Gasteiger partial charge < -0.3 is 15.6 Å². The molecule has 0 bridgehead atoms. The largest absolute Gasteiger partial charge is 0.361 e. The molecule has 2 aromatic carbocycles. The monoisotopic (exact) mass is 351 g/mol. The molecule has 0 atom stereocenters. The maximum atomic E-state index is 13.7. The van der Waals surface area contributed by atoms with Gasteiger partial charge in [-0.2, -0.15) is 0 Å². The standard InChI is InChI=1S/C20H18FN3O2/c1-12(25)23-14-3-2-4-15(10-14)24-19(26)20(7-8-20)17-11-22-18-6-5-13(21)9-16(17)18/h2-6,9-11,22H,7-8H2,1H3,(H,23,25)(H,24,26). The second kappa shape index (κ2) is 5.98. The lowest BCUT2D eigenvalue weighted by atomic mass is 9.94. The van der Waals surface area contributed by atoms with Crippen LogP contribution >= 0.6 is 0 Å². The van der Waals surface area contributed by atoms with Gasteiger partial charge in [-0.1, -0.05) is 6.07 Å². The van der Waals surface area contributed by atoms with Crippen LogP contribution in [0.2, 0.25) is 0 Å². The summed E-state index contributed by atoms with van der Waals surface area (Å²) >= 11 is 0. The Kier molecular flexibility index (Phi) is 3.76. The summed E-state index contributed by atoms with van der Waals surface area (Å²) in [7, 11) is 0. The molecule has 3 N–H and O–H groups in total. The Morgan fingerprint density at radius 2 is 1.81 bits per heavy atom. The van der Waals surface area contributed by atoms with E-state index in [2.05, 4.69) is 15.6 Å². The number of rotatable bonds is 4. The first-order valence-corrected chi connectivity index (χ1v) is 8.44. The Labute approximate surface area is 149 Å². The van der Waals surface area contributed by atoms with Gasteiger partial charge in [0.2, 0.25) is 11.8 Å². The van der Waals surface area contributed by atoms with Crippen molar-refractivity contribution < 1.29 is 14.0 Å². The fraction of sp³-hybridized carbons (Fsp3) is 0.200. The number of hydrogen-bond acceptors (Lipinski definition) is 2. The lowest BCUT2D eigenvalue weighted by Crippen LogP contribution is -2.27. The van der Waals surface area contributed by atoms with E-state index in [4.69, 9.17) is 0 Å². The molecule has 0 radical (unpaired) electrons. The van der Waals surface area contributed by atoms with Crippen LogP contribution in [-0.4, -0.2) is 16.8 Å². The van der Waals surface area contributed by atoms with Crippen LogP contribution in [0.25, 0.3) is 10.9 Å². The van der Waals surface area contributed by atoms with Gasteiger partial charge in [-0.3, -0.25) is 9.59 Å². The second-order valence-corrected chi connectivity index (χ2v) is 6.69.